The van der Waals surface area contributed by atoms with Gasteiger partial charge in [0, 0.05) is 22.7 Å². The zero-order valence-electron chi connectivity index (χ0n) is 22.7. The van der Waals surface area contributed by atoms with Crippen LogP contribution in [-0.2, 0) is 10.8 Å². The molecule has 0 nitrogen and oxygen atoms in total. The van der Waals surface area contributed by atoms with Crippen molar-refractivity contribution in [2.45, 2.75) is 99.7 Å². The van der Waals surface area contributed by atoms with Crippen LogP contribution in [0.2, 0.25) is 0 Å². The Bertz CT molecular complexity index is 1440. The van der Waals surface area contributed by atoms with Crippen molar-refractivity contribution in [2.24, 2.45) is 0 Å². The Balaban J connectivity index is 1.21. The summed E-state index contributed by atoms with van der Waals surface area (Å²) in [4.78, 5) is 0. The average molecular weight is 497 g/mol. The van der Waals surface area contributed by atoms with Crippen LogP contribution in [0.1, 0.15) is 133 Å². The van der Waals surface area contributed by atoms with Crippen LogP contribution in [0.5, 0.6) is 0 Å². The maximum atomic E-state index is 2.76. The third kappa shape index (κ3) is 3.28. The Morgan fingerprint density at radius 1 is 0.500 bits per heavy atom. The highest BCUT2D eigenvalue weighted by molar-refractivity contribution is 5.70. The summed E-state index contributed by atoms with van der Waals surface area (Å²) in [6, 6.07) is 24.2. The molecular weight excluding hydrogens is 456 g/mol. The van der Waals surface area contributed by atoms with E-state index in [4.69, 9.17) is 0 Å². The van der Waals surface area contributed by atoms with Gasteiger partial charge in [-0.05, 0) is 83.0 Å². The fourth-order valence-electron chi connectivity index (χ4n) is 9.40. The van der Waals surface area contributed by atoms with Crippen LogP contribution < -0.4 is 0 Å². The number of rotatable bonds is 3. The number of fused-ring (bicyclic) bond motifs is 8. The van der Waals surface area contributed by atoms with E-state index in [9.17, 15) is 0 Å². The molecule has 5 aliphatic carbocycles. The molecule has 2 fully saturated rings. The van der Waals surface area contributed by atoms with Crippen molar-refractivity contribution in [3.63, 3.8) is 0 Å². The maximum absolute atomic E-state index is 2.76. The SMILES string of the molecule is C1=CC(CCC2C=Cc3cc4c(cc32)C2(CCCCC2)c2ccccc2C42CCCCC2)c2ccccc21. The van der Waals surface area contributed by atoms with Crippen LogP contribution in [0.4, 0.5) is 0 Å². The molecule has 38 heavy (non-hydrogen) atoms. The van der Waals surface area contributed by atoms with Crippen molar-refractivity contribution in [3.8, 4) is 0 Å². The first-order chi connectivity index (χ1) is 18.8. The summed E-state index contributed by atoms with van der Waals surface area (Å²) in [5.74, 6) is 1.12. The molecule has 3 aromatic rings. The van der Waals surface area contributed by atoms with Crippen molar-refractivity contribution < 1.29 is 0 Å². The third-order valence-electron chi connectivity index (χ3n) is 11.2. The van der Waals surface area contributed by atoms with Gasteiger partial charge in [-0.2, -0.15) is 0 Å². The number of hydrogen-bond donors (Lipinski definition) is 0. The average Bonchev–Trinajstić information content (AvgIpc) is 3.59. The number of allylic oxidation sites excluding steroid dienone is 2. The molecule has 2 saturated carbocycles. The van der Waals surface area contributed by atoms with E-state index in [1.165, 1.54) is 93.7 Å². The predicted molar refractivity (Wildman–Crippen MR) is 160 cm³/mol. The molecule has 0 aliphatic heterocycles. The van der Waals surface area contributed by atoms with Gasteiger partial charge in [-0.25, -0.2) is 0 Å². The fourth-order valence-corrected chi connectivity index (χ4v) is 9.40. The van der Waals surface area contributed by atoms with Gasteiger partial charge in [0.25, 0.3) is 0 Å². The zero-order chi connectivity index (χ0) is 25.2. The minimum Gasteiger partial charge on any atom is -0.0764 e. The second kappa shape index (κ2) is 8.84. The Labute approximate surface area is 228 Å². The van der Waals surface area contributed by atoms with Crippen LogP contribution in [0, 0.1) is 0 Å². The molecule has 0 N–H and O–H groups in total. The molecule has 0 heterocycles. The van der Waals surface area contributed by atoms with Gasteiger partial charge in [-0.1, -0.05) is 123 Å². The molecule has 0 saturated heterocycles. The Morgan fingerprint density at radius 2 is 1.03 bits per heavy atom. The van der Waals surface area contributed by atoms with E-state index in [0.29, 0.717) is 11.8 Å². The van der Waals surface area contributed by atoms with Gasteiger partial charge < -0.3 is 0 Å². The summed E-state index contributed by atoms with van der Waals surface area (Å²) in [5.41, 5.74) is 13.4. The zero-order valence-corrected chi connectivity index (χ0v) is 22.7. The predicted octanol–water partition coefficient (Wildman–Crippen LogP) is 10.2. The second-order valence-corrected chi connectivity index (χ2v) is 13.0. The van der Waals surface area contributed by atoms with Crippen molar-refractivity contribution in [3.05, 3.63) is 117 Å². The first kappa shape index (κ1) is 23.1. The molecule has 0 amide bonds. The Morgan fingerprint density at radius 3 is 1.68 bits per heavy atom. The highest BCUT2D eigenvalue weighted by atomic mass is 14.5. The van der Waals surface area contributed by atoms with Crippen molar-refractivity contribution in [1.29, 1.82) is 0 Å². The van der Waals surface area contributed by atoms with E-state index in [2.05, 4.69) is 85.0 Å². The van der Waals surface area contributed by atoms with E-state index >= 15 is 0 Å². The van der Waals surface area contributed by atoms with E-state index < -0.39 is 0 Å². The Kier molecular flexibility index (Phi) is 5.36. The summed E-state index contributed by atoms with van der Waals surface area (Å²) in [6.45, 7) is 0. The lowest BCUT2D eigenvalue weighted by Gasteiger charge is -2.53. The molecule has 0 bridgehead atoms. The fraction of sp³-hybridized carbons (Fsp3) is 0.421. The lowest BCUT2D eigenvalue weighted by atomic mass is 9.51. The summed E-state index contributed by atoms with van der Waals surface area (Å²) < 4.78 is 0. The lowest BCUT2D eigenvalue weighted by Crippen LogP contribution is -2.45. The van der Waals surface area contributed by atoms with Gasteiger partial charge in [-0.3, -0.25) is 0 Å². The highest BCUT2D eigenvalue weighted by Gasteiger charge is 2.51. The monoisotopic (exact) mass is 496 g/mol. The molecule has 5 aliphatic rings. The van der Waals surface area contributed by atoms with Gasteiger partial charge in [0.1, 0.15) is 0 Å². The van der Waals surface area contributed by atoms with Crippen LogP contribution in [0.15, 0.2) is 72.8 Å². The molecule has 2 spiro atoms. The molecule has 3 aromatic carbocycles. The molecule has 0 aromatic heterocycles. The van der Waals surface area contributed by atoms with E-state index in [0.717, 1.165) is 0 Å². The molecule has 0 heteroatoms. The molecule has 8 rings (SSSR count). The summed E-state index contributed by atoms with van der Waals surface area (Å²) in [5, 5.41) is 0. The van der Waals surface area contributed by atoms with E-state index in [1.807, 2.05) is 0 Å². The van der Waals surface area contributed by atoms with E-state index in [1.54, 1.807) is 27.8 Å². The van der Waals surface area contributed by atoms with Gasteiger partial charge in [0.15, 0.2) is 0 Å². The highest BCUT2D eigenvalue weighted by Crippen LogP contribution is 2.60. The molecule has 2 unspecified atom stereocenters. The summed E-state index contributed by atoms with van der Waals surface area (Å²) in [7, 11) is 0. The van der Waals surface area contributed by atoms with Crippen LogP contribution >= 0.6 is 0 Å². The van der Waals surface area contributed by atoms with Crippen LogP contribution in [0.3, 0.4) is 0 Å². The quantitative estimate of drug-likeness (QED) is 0.338. The van der Waals surface area contributed by atoms with Gasteiger partial charge in [0.05, 0.1) is 0 Å². The largest absolute Gasteiger partial charge is 0.0764 e. The number of benzene rings is 3. The standard InChI is InChI=1S/C38H40/c1-7-21-37(22-8-1)33-13-5-6-14-34(33)38(23-9-2-10-24-38)36-26-32-29(19-20-30(32)25-35(36)37)18-17-28-16-15-27-11-3-4-12-31(27)28/h3-6,11-16,19-20,25-26,28-29H,1-2,7-10,17-18,21-24H2. The first-order valence-corrected chi connectivity index (χ1v) is 15.5. The minimum absolute atomic E-state index is 0.224. The first-order valence-electron chi connectivity index (χ1n) is 15.5. The van der Waals surface area contributed by atoms with Crippen molar-refractivity contribution in [2.75, 3.05) is 0 Å². The second-order valence-electron chi connectivity index (χ2n) is 13.0. The van der Waals surface area contributed by atoms with Crippen molar-refractivity contribution in [1.82, 2.24) is 0 Å². The molecule has 2 atom stereocenters. The topological polar surface area (TPSA) is 0 Å². The van der Waals surface area contributed by atoms with Crippen molar-refractivity contribution >= 4 is 12.2 Å². The van der Waals surface area contributed by atoms with E-state index in [-0.39, 0.29) is 10.8 Å². The summed E-state index contributed by atoms with van der Waals surface area (Å²) in [6.07, 6.45) is 25.8. The number of hydrogen-bond acceptors (Lipinski definition) is 0. The smallest absolute Gasteiger partial charge is 0.0209 e. The lowest BCUT2D eigenvalue weighted by molar-refractivity contribution is 0.285. The maximum Gasteiger partial charge on any atom is 0.0209 e. The van der Waals surface area contributed by atoms with Gasteiger partial charge in [0.2, 0.25) is 0 Å². The van der Waals surface area contributed by atoms with Crippen LogP contribution in [0.25, 0.3) is 12.2 Å². The van der Waals surface area contributed by atoms with Crippen LogP contribution in [-0.4, -0.2) is 0 Å². The Hall–Kier alpha value is -2.86. The van der Waals surface area contributed by atoms with Gasteiger partial charge >= 0.3 is 0 Å². The van der Waals surface area contributed by atoms with Gasteiger partial charge in [-0.15, -0.1) is 0 Å². The molecule has 0 radical (unpaired) electrons. The minimum atomic E-state index is 0.224. The molecular formula is C38H40. The normalized spacial score (nSPS) is 25.3. The molecule has 192 valence electrons. The third-order valence-corrected chi connectivity index (χ3v) is 11.2. The summed E-state index contributed by atoms with van der Waals surface area (Å²) >= 11 is 0.